The number of halogens is 1. The maximum atomic E-state index is 5.60. The summed E-state index contributed by atoms with van der Waals surface area (Å²) in [5.41, 5.74) is 0. The van der Waals surface area contributed by atoms with Crippen LogP contribution in [0.25, 0.3) is 0 Å². The minimum atomic E-state index is -2.18. The molecule has 0 saturated heterocycles. The van der Waals surface area contributed by atoms with Gasteiger partial charge in [-0.05, 0) is 6.55 Å². The quantitative estimate of drug-likeness (QED) is 0.422. The van der Waals surface area contributed by atoms with Crippen LogP contribution >= 0.6 is 11.1 Å². The van der Waals surface area contributed by atoms with Crippen LogP contribution in [-0.4, -0.2) is 22.1 Å². The van der Waals surface area contributed by atoms with E-state index in [2.05, 4.69) is 0 Å². The summed E-state index contributed by atoms with van der Waals surface area (Å²) in [6.07, 6.45) is 0. The van der Waals surface area contributed by atoms with Crippen LogP contribution in [0.1, 0.15) is 0 Å². The molecule has 0 radical (unpaired) electrons. The van der Waals surface area contributed by atoms with Crippen molar-refractivity contribution in [3.63, 3.8) is 0 Å². The van der Waals surface area contributed by atoms with E-state index in [0.29, 0.717) is 0 Å². The highest BCUT2D eigenvalue weighted by atomic mass is 35.6. The van der Waals surface area contributed by atoms with Gasteiger partial charge in [0.2, 0.25) is 0 Å². The lowest BCUT2D eigenvalue weighted by molar-refractivity contribution is 0.274. The highest BCUT2D eigenvalue weighted by Crippen LogP contribution is 2.07. The second kappa shape index (κ2) is 2.67. The predicted octanol–water partition coefficient (Wildman–Crippen LogP) is 1.09. The molecule has 0 fully saturated rings. The van der Waals surface area contributed by atoms with Crippen molar-refractivity contribution in [3.05, 3.63) is 0 Å². The summed E-state index contributed by atoms with van der Waals surface area (Å²) in [7, 11) is 0.910. The molecule has 0 atom stereocenters. The van der Waals surface area contributed by atoms with Gasteiger partial charge >= 0.3 is 7.87 Å². The second-order valence-corrected chi connectivity index (χ2v) is 5.79. The third-order valence-electron chi connectivity index (χ3n) is 0.729. The summed E-state index contributed by atoms with van der Waals surface area (Å²) in [6, 6.07) is 0. The fraction of sp³-hybridized carbons (Fsp3) is 1.00. The molecule has 0 aromatic carbocycles. The molecule has 4 heteroatoms. The van der Waals surface area contributed by atoms with Crippen LogP contribution in [-0.2, 0) is 8.85 Å². The number of hydrogen-bond acceptors (Lipinski definition) is 2. The molecule has 0 bridgehead atoms. The fourth-order valence-electron chi connectivity index (χ4n) is 0.0833. The van der Waals surface area contributed by atoms with Crippen molar-refractivity contribution in [3.8, 4) is 0 Å². The van der Waals surface area contributed by atoms with E-state index in [9.17, 15) is 0 Å². The van der Waals surface area contributed by atoms with Crippen LogP contribution < -0.4 is 0 Å². The molecular weight excluding hydrogens is 132 g/mol. The maximum Gasteiger partial charge on any atom is 0.439 e. The first-order chi connectivity index (χ1) is 3.12. The highest BCUT2D eigenvalue weighted by Gasteiger charge is 2.24. The summed E-state index contributed by atoms with van der Waals surface area (Å²) >= 11 is 5.60. The van der Waals surface area contributed by atoms with Gasteiger partial charge in [0.25, 0.3) is 0 Å². The van der Waals surface area contributed by atoms with Crippen molar-refractivity contribution in [2.24, 2.45) is 0 Å². The molecule has 2 nitrogen and oxygen atoms in total. The van der Waals surface area contributed by atoms with Gasteiger partial charge in [0.1, 0.15) is 0 Å². The zero-order valence-electron chi connectivity index (χ0n) is 4.69. The summed E-state index contributed by atoms with van der Waals surface area (Å²) in [6.45, 7) is 1.76. The average molecular weight is 141 g/mol. The Labute approximate surface area is 49.3 Å². The summed E-state index contributed by atoms with van der Waals surface area (Å²) in [4.78, 5) is 0. The van der Waals surface area contributed by atoms with E-state index in [4.69, 9.17) is 19.9 Å². The van der Waals surface area contributed by atoms with E-state index in [1.54, 1.807) is 20.8 Å². The number of rotatable bonds is 2. The third kappa shape index (κ3) is 3.05. The lowest BCUT2D eigenvalue weighted by Crippen LogP contribution is -2.28. The van der Waals surface area contributed by atoms with Crippen LogP contribution in [0.15, 0.2) is 0 Å². The molecule has 0 unspecified atom stereocenters. The first-order valence-electron chi connectivity index (χ1n) is 1.91. The normalized spacial score (nSPS) is 12.0. The van der Waals surface area contributed by atoms with Crippen LogP contribution in [0.2, 0.25) is 6.55 Å². The zero-order valence-corrected chi connectivity index (χ0v) is 6.45. The lowest BCUT2D eigenvalue weighted by atomic mass is 11.8. The van der Waals surface area contributed by atoms with Crippen molar-refractivity contribution in [2.45, 2.75) is 6.55 Å². The molecule has 0 aliphatic heterocycles. The number of hydrogen-bond donors (Lipinski definition) is 0. The van der Waals surface area contributed by atoms with Crippen molar-refractivity contribution < 1.29 is 8.85 Å². The van der Waals surface area contributed by atoms with Crippen LogP contribution in [0.4, 0.5) is 0 Å². The summed E-state index contributed by atoms with van der Waals surface area (Å²) in [5, 5.41) is 0. The minimum absolute atomic E-state index is 1.54. The van der Waals surface area contributed by atoms with Gasteiger partial charge in [0.15, 0.2) is 0 Å². The molecule has 7 heavy (non-hydrogen) atoms. The Morgan fingerprint density at radius 1 is 1.29 bits per heavy atom. The van der Waals surface area contributed by atoms with Gasteiger partial charge < -0.3 is 8.85 Å². The van der Waals surface area contributed by atoms with Gasteiger partial charge in [0, 0.05) is 14.2 Å². The van der Waals surface area contributed by atoms with Crippen molar-refractivity contribution >= 4 is 18.9 Å². The average Bonchev–Trinajstić information content (AvgIpc) is 1.68. The lowest BCUT2D eigenvalue weighted by Gasteiger charge is -2.11. The predicted molar refractivity (Wildman–Crippen MR) is 31.5 cm³/mol. The van der Waals surface area contributed by atoms with Gasteiger partial charge in [-0.25, -0.2) is 0 Å². The van der Waals surface area contributed by atoms with E-state index in [1.165, 1.54) is 0 Å². The molecular formula is C3H9ClO2Si. The van der Waals surface area contributed by atoms with Gasteiger partial charge in [-0.1, -0.05) is 11.1 Å². The Bertz CT molecular complexity index is 50.9. The van der Waals surface area contributed by atoms with Crippen LogP contribution in [0.5, 0.6) is 0 Å². The molecule has 0 aliphatic carbocycles. The Morgan fingerprint density at radius 2 is 1.57 bits per heavy atom. The molecule has 44 valence electrons. The topological polar surface area (TPSA) is 18.5 Å². The second-order valence-electron chi connectivity index (χ2n) is 1.24. The highest BCUT2D eigenvalue weighted by molar-refractivity contribution is 7.12. The Morgan fingerprint density at radius 3 is 1.57 bits per heavy atom. The molecule has 0 saturated carbocycles. The maximum absolute atomic E-state index is 5.60. The Kier molecular flexibility index (Phi) is 2.83. The van der Waals surface area contributed by atoms with E-state index in [1.807, 2.05) is 0 Å². The third-order valence-corrected chi connectivity index (χ3v) is 3.11. The van der Waals surface area contributed by atoms with Crippen LogP contribution in [0, 0.1) is 0 Å². The molecule has 0 aliphatic rings. The molecule has 0 aromatic rings. The van der Waals surface area contributed by atoms with Gasteiger partial charge in [-0.2, -0.15) is 0 Å². The van der Waals surface area contributed by atoms with Gasteiger partial charge in [0.05, 0.1) is 0 Å². The minimum Gasteiger partial charge on any atom is -0.387 e. The van der Waals surface area contributed by atoms with E-state index in [-0.39, 0.29) is 0 Å². The Hall–Kier alpha value is 0.427. The monoisotopic (exact) mass is 140 g/mol. The molecule has 0 aromatic heterocycles. The van der Waals surface area contributed by atoms with E-state index >= 15 is 0 Å². The first kappa shape index (κ1) is 7.43. The smallest absolute Gasteiger partial charge is 0.387 e. The summed E-state index contributed by atoms with van der Waals surface area (Å²) < 4.78 is 9.54. The molecule has 0 amide bonds. The standard InChI is InChI=1S/C3H9ClO2Si/c1-5-7(3,4)6-2/h1-3H3. The van der Waals surface area contributed by atoms with Gasteiger partial charge in [-0.3, -0.25) is 0 Å². The van der Waals surface area contributed by atoms with Crippen LogP contribution in [0.3, 0.4) is 0 Å². The van der Waals surface area contributed by atoms with Crippen molar-refractivity contribution in [1.82, 2.24) is 0 Å². The molecule has 0 N–H and O–H groups in total. The van der Waals surface area contributed by atoms with Crippen molar-refractivity contribution in [2.75, 3.05) is 14.2 Å². The summed E-state index contributed by atoms with van der Waals surface area (Å²) in [5.74, 6) is 0. The van der Waals surface area contributed by atoms with E-state index < -0.39 is 7.87 Å². The largest absolute Gasteiger partial charge is 0.439 e. The van der Waals surface area contributed by atoms with Crippen molar-refractivity contribution in [1.29, 1.82) is 0 Å². The van der Waals surface area contributed by atoms with E-state index in [0.717, 1.165) is 0 Å². The van der Waals surface area contributed by atoms with Gasteiger partial charge in [-0.15, -0.1) is 0 Å². The fourth-order valence-corrected chi connectivity index (χ4v) is 0.250. The zero-order chi connectivity index (χ0) is 5.91. The Balaban J connectivity index is 3.36. The SMILES string of the molecule is CO[Si](C)(Cl)OC. The molecule has 0 rings (SSSR count). The molecule has 0 spiro atoms. The first-order valence-corrected chi connectivity index (χ1v) is 5.24. The molecule has 0 heterocycles.